The molecule has 1 aliphatic heterocycles. The largest absolute Gasteiger partial charge is 0.333 e. The highest BCUT2D eigenvalue weighted by Crippen LogP contribution is 2.22. The van der Waals surface area contributed by atoms with Crippen LogP contribution in [0.25, 0.3) is 0 Å². The molecule has 3 heterocycles. The van der Waals surface area contributed by atoms with Gasteiger partial charge in [-0.25, -0.2) is 4.98 Å². The van der Waals surface area contributed by atoms with Crippen LogP contribution in [0.1, 0.15) is 30.1 Å². The molecule has 0 aliphatic carbocycles. The van der Waals surface area contributed by atoms with Gasteiger partial charge in [-0.05, 0) is 48.2 Å². The van der Waals surface area contributed by atoms with Crippen molar-refractivity contribution in [2.24, 2.45) is 0 Å². The van der Waals surface area contributed by atoms with Crippen molar-refractivity contribution in [2.45, 2.75) is 31.8 Å². The van der Waals surface area contributed by atoms with Crippen LogP contribution >= 0.6 is 11.3 Å². The molecule has 0 unspecified atom stereocenters. The summed E-state index contributed by atoms with van der Waals surface area (Å²) in [5.41, 5.74) is 2.77. The molecule has 3 nitrogen and oxygen atoms in total. The maximum absolute atomic E-state index is 4.29. The first kappa shape index (κ1) is 11.0. The number of aromatic nitrogens is 2. The number of aryl methyl sites for hydroxylation is 2. The second-order valence-corrected chi connectivity index (χ2v) is 5.32. The molecule has 2 aromatic heterocycles. The average Bonchev–Trinajstić information content (AvgIpc) is 3.09. The van der Waals surface area contributed by atoms with Gasteiger partial charge in [-0.15, -0.1) is 0 Å². The highest BCUT2D eigenvalue weighted by atomic mass is 32.1. The van der Waals surface area contributed by atoms with Crippen molar-refractivity contribution < 1.29 is 0 Å². The highest BCUT2D eigenvalue weighted by Gasteiger charge is 2.19. The van der Waals surface area contributed by atoms with Crippen LogP contribution in [0, 0.1) is 0 Å². The summed E-state index contributed by atoms with van der Waals surface area (Å²) in [4.78, 5) is 4.29. The fraction of sp³-hybridized carbons (Fsp3) is 0.462. The normalized spacial score (nSPS) is 19.9. The summed E-state index contributed by atoms with van der Waals surface area (Å²) in [6, 6.07) is 2.72. The molecule has 2 aromatic rings. The van der Waals surface area contributed by atoms with Gasteiger partial charge >= 0.3 is 0 Å². The second-order valence-electron chi connectivity index (χ2n) is 4.54. The van der Waals surface area contributed by atoms with E-state index in [0.717, 1.165) is 19.5 Å². The minimum Gasteiger partial charge on any atom is -0.333 e. The van der Waals surface area contributed by atoms with E-state index < -0.39 is 0 Å². The molecule has 0 bridgehead atoms. The Hall–Kier alpha value is -1.13. The molecule has 4 heteroatoms. The molecule has 1 saturated heterocycles. The molecule has 0 aromatic carbocycles. The Kier molecular flexibility index (Phi) is 3.25. The molecular weight excluding hydrogens is 230 g/mol. The number of imidazole rings is 1. The van der Waals surface area contributed by atoms with Crippen molar-refractivity contribution in [3.05, 3.63) is 40.6 Å². The van der Waals surface area contributed by atoms with Crippen LogP contribution in [0.15, 0.2) is 29.4 Å². The Morgan fingerprint density at radius 2 is 2.53 bits per heavy atom. The average molecular weight is 247 g/mol. The molecule has 1 fully saturated rings. The van der Waals surface area contributed by atoms with Crippen molar-refractivity contribution in [3.63, 3.8) is 0 Å². The van der Waals surface area contributed by atoms with Gasteiger partial charge in [0.1, 0.15) is 0 Å². The first-order valence-corrected chi connectivity index (χ1v) is 7.12. The predicted octanol–water partition coefficient (Wildman–Crippen LogP) is 2.61. The van der Waals surface area contributed by atoms with E-state index in [1.165, 1.54) is 24.1 Å². The molecular formula is C13H17N3S. The number of hydrogen-bond donors (Lipinski definition) is 1. The lowest BCUT2D eigenvalue weighted by Gasteiger charge is -2.13. The first-order valence-electron chi connectivity index (χ1n) is 6.18. The van der Waals surface area contributed by atoms with Gasteiger partial charge < -0.3 is 9.88 Å². The molecule has 0 spiro atoms. The standard InChI is InChI=1S/C13H17N3S/c1-2-12(15-5-1)13-8-14-10-16(13)6-3-11-4-7-17-9-11/h4,7-10,12,15H,1-3,5-6H2/t12-/m0/s1. The maximum atomic E-state index is 4.29. The summed E-state index contributed by atoms with van der Waals surface area (Å²) in [6.07, 6.45) is 7.59. The highest BCUT2D eigenvalue weighted by molar-refractivity contribution is 7.07. The fourth-order valence-corrected chi connectivity index (χ4v) is 3.13. The van der Waals surface area contributed by atoms with Crippen LogP contribution in [-0.4, -0.2) is 16.1 Å². The summed E-state index contributed by atoms with van der Waals surface area (Å²) in [6.45, 7) is 2.17. The van der Waals surface area contributed by atoms with E-state index in [2.05, 4.69) is 31.7 Å². The van der Waals surface area contributed by atoms with Gasteiger partial charge in [0.05, 0.1) is 12.0 Å². The Balaban J connectivity index is 1.68. The summed E-state index contributed by atoms with van der Waals surface area (Å²) in [7, 11) is 0. The van der Waals surface area contributed by atoms with Crippen molar-refractivity contribution >= 4 is 11.3 Å². The summed E-state index contributed by atoms with van der Waals surface area (Å²) in [5, 5.41) is 7.90. The van der Waals surface area contributed by atoms with Crippen molar-refractivity contribution in [1.29, 1.82) is 0 Å². The molecule has 17 heavy (non-hydrogen) atoms. The maximum Gasteiger partial charge on any atom is 0.0948 e. The smallest absolute Gasteiger partial charge is 0.0948 e. The van der Waals surface area contributed by atoms with E-state index in [-0.39, 0.29) is 0 Å². The van der Waals surface area contributed by atoms with E-state index >= 15 is 0 Å². The summed E-state index contributed by atoms with van der Waals surface area (Å²) in [5.74, 6) is 0. The third-order valence-corrected chi connectivity index (χ3v) is 4.12. The van der Waals surface area contributed by atoms with Gasteiger partial charge in [0, 0.05) is 18.8 Å². The van der Waals surface area contributed by atoms with Gasteiger partial charge in [-0.2, -0.15) is 11.3 Å². The molecule has 0 radical (unpaired) electrons. The summed E-state index contributed by atoms with van der Waals surface area (Å²) >= 11 is 1.77. The van der Waals surface area contributed by atoms with Gasteiger partial charge in [0.2, 0.25) is 0 Å². The van der Waals surface area contributed by atoms with Crippen LogP contribution in [-0.2, 0) is 13.0 Å². The Morgan fingerprint density at radius 3 is 3.29 bits per heavy atom. The molecule has 0 amide bonds. The van der Waals surface area contributed by atoms with Crippen LogP contribution in [0.3, 0.4) is 0 Å². The topological polar surface area (TPSA) is 29.9 Å². The zero-order valence-electron chi connectivity index (χ0n) is 9.80. The van der Waals surface area contributed by atoms with Gasteiger partial charge in [0.15, 0.2) is 0 Å². The molecule has 1 aliphatic rings. The minimum atomic E-state index is 0.514. The lowest BCUT2D eigenvalue weighted by Crippen LogP contribution is -2.17. The van der Waals surface area contributed by atoms with E-state index in [1.54, 1.807) is 11.3 Å². The number of nitrogens with one attached hydrogen (secondary N) is 1. The summed E-state index contributed by atoms with van der Waals surface area (Å²) < 4.78 is 2.29. The van der Waals surface area contributed by atoms with Crippen molar-refractivity contribution in [1.82, 2.24) is 14.9 Å². The SMILES string of the molecule is c1cc(CCn2cncc2[C@@H]2CCCN2)cs1. The third-order valence-electron chi connectivity index (χ3n) is 3.38. The third kappa shape index (κ3) is 2.42. The Morgan fingerprint density at radius 1 is 1.53 bits per heavy atom. The van der Waals surface area contributed by atoms with Crippen LogP contribution in [0.4, 0.5) is 0 Å². The number of hydrogen-bond acceptors (Lipinski definition) is 3. The van der Waals surface area contributed by atoms with Crippen molar-refractivity contribution in [2.75, 3.05) is 6.54 Å². The lowest BCUT2D eigenvalue weighted by atomic mass is 10.1. The molecule has 3 rings (SSSR count). The number of nitrogens with zero attached hydrogens (tertiary/aromatic N) is 2. The van der Waals surface area contributed by atoms with Gasteiger partial charge in [-0.3, -0.25) is 0 Å². The quantitative estimate of drug-likeness (QED) is 0.900. The molecule has 1 N–H and O–H groups in total. The molecule has 90 valence electrons. The van der Waals surface area contributed by atoms with Crippen LogP contribution in [0.5, 0.6) is 0 Å². The van der Waals surface area contributed by atoms with Gasteiger partial charge in [-0.1, -0.05) is 0 Å². The minimum absolute atomic E-state index is 0.514. The molecule has 0 saturated carbocycles. The lowest BCUT2D eigenvalue weighted by molar-refractivity contribution is 0.563. The van der Waals surface area contributed by atoms with E-state index in [1.807, 2.05) is 12.5 Å². The second kappa shape index (κ2) is 5.02. The monoisotopic (exact) mass is 247 g/mol. The van der Waals surface area contributed by atoms with Crippen molar-refractivity contribution in [3.8, 4) is 0 Å². The molecule has 1 atom stereocenters. The van der Waals surface area contributed by atoms with Crippen LogP contribution < -0.4 is 5.32 Å². The van der Waals surface area contributed by atoms with Crippen LogP contribution in [0.2, 0.25) is 0 Å². The Bertz CT molecular complexity index is 455. The Labute approximate surface area is 106 Å². The fourth-order valence-electron chi connectivity index (χ4n) is 2.43. The van der Waals surface area contributed by atoms with E-state index in [9.17, 15) is 0 Å². The van der Waals surface area contributed by atoms with E-state index in [4.69, 9.17) is 0 Å². The zero-order chi connectivity index (χ0) is 11.5. The van der Waals surface area contributed by atoms with Gasteiger partial charge in [0.25, 0.3) is 0 Å². The number of rotatable bonds is 4. The zero-order valence-corrected chi connectivity index (χ0v) is 10.6. The predicted molar refractivity (Wildman–Crippen MR) is 70.2 cm³/mol. The number of thiophene rings is 1. The first-order chi connectivity index (χ1) is 8.43. The van der Waals surface area contributed by atoms with E-state index in [0.29, 0.717) is 6.04 Å².